The summed E-state index contributed by atoms with van der Waals surface area (Å²) in [5.41, 5.74) is 0.441. The molecule has 1 saturated heterocycles. The van der Waals surface area contributed by atoms with Crippen molar-refractivity contribution in [3.05, 3.63) is 23.9 Å². The lowest BCUT2D eigenvalue weighted by Crippen LogP contribution is -2.36. The average molecular weight is 229 g/mol. The summed E-state index contributed by atoms with van der Waals surface area (Å²) >= 11 is 0. The normalized spacial score (nSPS) is 16.6. The maximum Gasteiger partial charge on any atom is 0.142 e. The van der Waals surface area contributed by atoms with E-state index >= 15 is 0 Å². The van der Waals surface area contributed by atoms with Crippen LogP contribution < -0.4 is 4.90 Å². The van der Waals surface area contributed by atoms with Crippen molar-refractivity contribution >= 4 is 11.6 Å². The van der Waals surface area contributed by atoms with Crippen molar-refractivity contribution in [2.45, 2.75) is 19.8 Å². The zero-order valence-electron chi connectivity index (χ0n) is 9.89. The van der Waals surface area contributed by atoms with E-state index in [9.17, 15) is 4.79 Å². The third-order valence-corrected chi connectivity index (χ3v) is 3.24. The van der Waals surface area contributed by atoms with Gasteiger partial charge < -0.3 is 4.90 Å². The number of hydrogen-bond donors (Lipinski definition) is 0. The van der Waals surface area contributed by atoms with Crippen molar-refractivity contribution in [1.29, 1.82) is 5.26 Å². The molecule has 1 aliphatic rings. The predicted molar refractivity (Wildman–Crippen MR) is 64.6 cm³/mol. The van der Waals surface area contributed by atoms with Crippen molar-refractivity contribution in [1.82, 2.24) is 4.98 Å². The van der Waals surface area contributed by atoms with Gasteiger partial charge in [-0.3, -0.25) is 4.79 Å². The standard InChI is InChI=1S/C13H15N3O/c1-10(17)11-5-7-16(8-6-11)13-4-2-3-12(9-14)15-13/h2-4,11H,5-8H2,1H3. The van der Waals surface area contributed by atoms with Gasteiger partial charge in [0.2, 0.25) is 0 Å². The molecule has 1 aromatic rings. The number of aromatic nitrogens is 1. The van der Waals surface area contributed by atoms with Gasteiger partial charge in [0, 0.05) is 19.0 Å². The lowest BCUT2D eigenvalue weighted by atomic mass is 9.93. The number of carbonyl (C=O) groups is 1. The van der Waals surface area contributed by atoms with E-state index in [-0.39, 0.29) is 11.7 Å². The van der Waals surface area contributed by atoms with E-state index in [2.05, 4.69) is 9.88 Å². The van der Waals surface area contributed by atoms with Crippen LogP contribution in [0.5, 0.6) is 0 Å². The molecule has 1 fully saturated rings. The van der Waals surface area contributed by atoms with Crippen LogP contribution in [-0.4, -0.2) is 23.9 Å². The first-order chi connectivity index (χ1) is 8.20. The van der Waals surface area contributed by atoms with Crippen molar-refractivity contribution in [2.75, 3.05) is 18.0 Å². The van der Waals surface area contributed by atoms with E-state index in [1.54, 1.807) is 13.0 Å². The van der Waals surface area contributed by atoms with Crippen molar-refractivity contribution in [3.8, 4) is 6.07 Å². The maximum absolute atomic E-state index is 11.3. The Kier molecular flexibility index (Phi) is 3.38. The largest absolute Gasteiger partial charge is 0.357 e. The Hall–Kier alpha value is -1.89. The molecule has 4 nitrogen and oxygen atoms in total. The van der Waals surface area contributed by atoms with E-state index in [1.165, 1.54) is 0 Å². The van der Waals surface area contributed by atoms with Gasteiger partial charge in [0.15, 0.2) is 0 Å². The number of ketones is 1. The highest BCUT2D eigenvalue weighted by molar-refractivity contribution is 5.78. The Morgan fingerprint density at radius 2 is 2.18 bits per heavy atom. The van der Waals surface area contributed by atoms with E-state index in [4.69, 9.17) is 5.26 Å². The lowest BCUT2D eigenvalue weighted by Gasteiger charge is -2.31. The number of anilines is 1. The first-order valence-corrected chi connectivity index (χ1v) is 5.83. The van der Waals surface area contributed by atoms with Crippen molar-refractivity contribution in [2.24, 2.45) is 5.92 Å². The molecule has 2 heterocycles. The summed E-state index contributed by atoms with van der Waals surface area (Å²) in [5.74, 6) is 1.32. The third kappa shape index (κ3) is 2.62. The Balaban J connectivity index is 2.05. The predicted octanol–water partition coefficient (Wildman–Crippen LogP) is 1.76. The molecule has 0 spiro atoms. The fraction of sp³-hybridized carbons (Fsp3) is 0.462. The highest BCUT2D eigenvalue weighted by Crippen LogP contribution is 2.22. The zero-order valence-corrected chi connectivity index (χ0v) is 9.89. The van der Waals surface area contributed by atoms with Gasteiger partial charge >= 0.3 is 0 Å². The third-order valence-electron chi connectivity index (χ3n) is 3.24. The molecule has 0 saturated carbocycles. The topological polar surface area (TPSA) is 57.0 Å². The van der Waals surface area contributed by atoms with E-state index in [0.717, 1.165) is 31.7 Å². The van der Waals surface area contributed by atoms with Crippen LogP contribution in [0, 0.1) is 17.2 Å². The van der Waals surface area contributed by atoms with E-state index in [0.29, 0.717) is 5.69 Å². The average Bonchev–Trinajstić information content (AvgIpc) is 2.39. The summed E-state index contributed by atoms with van der Waals surface area (Å²) in [7, 11) is 0. The van der Waals surface area contributed by atoms with Crippen molar-refractivity contribution < 1.29 is 4.79 Å². The van der Waals surface area contributed by atoms with Crippen LogP contribution in [0.2, 0.25) is 0 Å². The van der Waals surface area contributed by atoms with Crippen LogP contribution in [0.1, 0.15) is 25.5 Å². The van der Waals surface area contributed by atoms with E-state index in [1.807, 2.05) is 18.2 Å². The summed E-state index contributed by atoms with van der Waals surface area (Å²) in [5, 5.41) is 8.80. The minimum atomic E-state index is 0.199. The number of piperidine rings is 1. The SMILES string of the molecule is CC(=O)C1CCN(c2cccc(C#N)n2)CC1. The van der Waals surface area contributed by atoms with Crippen molar-refractivity contribution in [3.63, 3.8) is 0 Å². The summed E-state index contributed by atoms with van der Waals surface area (Å²) < 4.78 is 0. The lowest BCUT2D eigenvalue weighted by molar-refractivity contribution is -0.121. The molecule has 17 heavy (non-hydrogen) atoms. The van der Waals surface area contributed by atoms with E-state index < -0.39 is 0 Å². The molecule has 0 unspecified atom stereocenters. The molecule has 1 aromatic heterocycles. The molecule has 2 rings (SSSR count). The molecule has 0 amide bonds. The number of Topliss-reactive ketones (excluding diaryl/α,β-unsaturated/α-hetero) is 1. The highest BCUT2D eigenvalue weighted by Gasteiger charge is 2.22. The van der Waals surface area contributed by atoms with Gasteiger partial charge in [-0.1, -0.05) is 6.07 Å². The number of hydrogen-bond acceptors (Lipinski definition) is 4. The molecule has 88 valence electrons. The first kappa shape index (κ1) is 11.6. The second-order valence-corrected chi connectivity index (χ2v) is 4.36. The van der Waals surface area contributed by atoms with Gasteiger partial charge in [0.1, 0.15) is 23.4 Å². The first-order valence-electron chi connectivity index (χ1n) is 5.83. The summed E-state index contributed by atoms with van der Waals surface area (Å²) in [6, 6.07) is 7.50. The van der Waals surface area contributed by atoms with Gasteiger partial charge in [-0.25, -0.2) is 4.98 Å². The fourth-order valence-corrected chi connectivity index (χ4v) is 2.18. The van der Waals surface area contributed by atoms with Crippen LogP contribution in [0.3, 0.4) is 0 Å². The molecular weight excluding hydrogens is 214 g/mol. The Labute approximate surface area is 101 Å². The molecule has 0 radical (unpaired) electrons. The molecular formula is C13H15N3O. The number of rotatable bonds is 2. The molecule has 0 bridgehead atoms. The van der Waals surface area contributed by atoms with Crippen LogP contribution in [0.4, 0.5) is 5.82 Å². The highest BCUT2D eigenvalue weighted by atomic mass is 16.1. The summed E-state index contributed by atoms with van der Waals surface area (Å²) in [6.45, 7) is 3.34. The quantitative estimate of drug-likeness (QED) is 0.775. The second-order valence-electron chi connectivity index (χ2n) is 4.36. The molecule has 0 N–H and O–H groups in total. The number of carbonyl (C=O) groups excluding carboxylic acids is 1. The molecule has 4 heteroatoms. The minimum Gasteiger partial charge on any atom is -0.357 e. The Morgan fingerprint density at radius 1 is 1.47 bits per heavy atom. The minimum absolute atomic E-state index is 0.199. The smallest absolute Gasteiger partial charge is 0.142 e. The second kappa shape index (κ2) is 4.96. The zero-order chi connectivity index (χ0) is 12.3. The Bertz CT molecular complexity index is 456. The maximum atomic E-state index is 11.3. The van der Waals surface area contributed by atoms with Crippen LogP contribution in [-0.2, 0) is 4.79 Å². The molecule has 0 aliphatic carbocycles. The van der Waals surface area contributed by atoms with Gasteiger partial charge in [0.05, 0.1) is 0 Å². The molecule has 0 aromatic carbocycles. The fourth-order valence-electron chi connectivity index (χ4n) is 2.18. The van der Waals surface area contributed by atoms with Gasteiger partial charge in [0.25, 0.3) is 0 Å². The van der Waals surface area contributed by atoms with Crippen LogP contribution in [0.15, 0.2) is 18.2 Å². The number of nitrogens with zero attached hydrogens (tertiary/aromatic N) is 3. The van der Waals surface area contributed by atoms with Gasteiger partial charge in [-0.15, -0.1) is 0 Å². The molecule has 1 aliphatic heterocycles. The molecule has 0 atom stereocenters. The van der Waals surface area contributed by atoms with Gasteiger partial charge in [-0.05, 0) is 31.9 Å². The number of nitriles is 1. The summed E-state index contributed by atoms with van der Waals surface area (Å²) in [4.78, 5) is 17.7. The summed E-state index contributed by atoms with van der Waals surface area (Å²) in [6.07, 6.45) is 1.77. The van der Waals surface area contributed by atoms with Gasteiger partial charge in [-0.2, -0.15) is 5.26 Å². The Morgan fingerprint density at radius 3 is 2.76 bits per heavy atom. The number of pyridine rings is 1. The van der Waals surface area contributed by atoms with Crippen LogP contribution >= 0.6 is 0 Å². The van der Waals surface area contributed by atoms with Crippen LogP contribution in [0.25, 0.3) is 0 Å². The monoisotopic (exact) mass is 229 g/mol.